The molecule has 2 heterocycles. The Labute approximate surface area is 155 Å². The summed E-state index contributed by atoms with van der Waals surface area (Å²) in [5.74, 6) is -0.414. The molecule has 0 aliphatic heterocycles. The van der Waals surface area contributed by atoms with Gasteiger partial charge in [-0.05, 0) is 48.8 Å². The first-order valence-electron chi connectivity index (χ1n) is 7.34. The zero-order valence-electron chi connectivity index (χ0n) is 13.9. The number of halogens is 1. The monoisotopic (exact) mass is 430 g/mol. The maximum Gasteiger partial charge on any atom is 0.257 e. The fraction of sp³-hybridized carbons (Fsp3) is 0.375. The van der Waals surface area contributed by atoms with Gasteiger partial charge in [0, 0.05) is 29.1 Å². The van der Waals surface area contributed by atoms with Crippen molar-refractivity contribution in [1.29, 1.82) is 0 Å². The van der Waals surface area contributed by atoms with E-state index in [1.807, 2.05) is 31.4 Å². The Kier molecular flexibility index (Phi) is 6.17. The molecular weight excluding hydrogens is 412 g/mol. The number of hydrogen-bond acceptors (Lipinski definition) is 4. The number of carbonyl (C=O) groups excluding carboxylic acids is 1. The van der Waals surface area contributed by atoms with E-state index in [2.05, 4.69) is 21.2 Å². The quantitative estimate of drug-likeness (QED) is 0.791. The largest absolute Gasteiger partial charge is 0.347 e. The van der Waals surface area contributed by atoms with Crippen LogP contribution in [0, 0.1) is 6.92 Å². The lowest BCUT2D eigenvalue weighted by atomic mass is 10.2. The minimum absolute atomic E-state index is 0.108. The van der Waals surface area contributed by atoms with Crippen molar-refractivity contribution in [1.82, 2.24) is 9.88 Å². The number of thiophene rings is 1. The Balaban J connectivity index is 2.23. The Bertz CT molecular complexity index is 855. The number of aromatic nitrogens is 1. The van der Waals surface area contributed by atoms with Gasteiger partial charge in [-0.1, -0.05) is 0 Å². The van der Waals surface area contributed by atoms with E-state index in [4.69, 9.17) is 0 Å². The minimum Gasteiger partial charge on any atom is -0.347 e. The summed E-state index contributed by atoms with van der Waals surface area (Å²) >= 11 is 4.68. The van der Waals surface area contributed by atoms with E-state index in [1.165, 1.54) is 11.3 Å². The standard InChI is InChI=1S/C16H19BrN2O3S2/c1-9(2)19-8-12(15(20)14(17)10(19)3)16(21)18-7-11-5-6-13(23-11)24(4)22/h5-6,8-9H,7H2,1-4H3,(H,18,21). The highest BCUT2D eigenvalue weighted by Crippen LogP contribution is 2.20. The number of amides is 1. The number of nitrogens with zero attached hydrogens (tertiary/aromatic N) is 1. The van der Waals surface area contributed by atoms with E-state index in [1.54, 1.807) is 18.5 Å². The van der Waals surface area contributed by atoms with Crippen LogP contribution in [0.25, 0.3) is 0 Å². The summed E-state index contributed by atoms with van der Waals surface area (Å²) < 4.78 is 14.5. The summed E-state index contributed by atoms with van der Waals surface area (Å²) in [7, 11) is -1.03. The molecule has 0 aliphatic carbocycles. The van der Waals surface area contributed by atoms with Crippen LogP contribution >= 0.6 is 27.3 Å². The third-order valence-electron chi connectivity index (χ3n) is 3.56. The first-order valence-corrected chi connectivity index (χ1v) is 10.5. The van der Waals surface area contributed by atoms with Crippen LogP contribution in [0.3, 0.4) is 0 Å². The lowest BCUT2D eigenvalue weighted by Gasteiger charge is -2.17. The smallest absolute Gasteiger partial charge is 0.257 e. The van der Waals surface area contributed by atoms with Crippen molar-refractivity contribution in [2.24, 2.45) is 0 Å². The molecule has 2 aromatic heterocycles. The van der Waals surface area contributed by atoms with Crippen molar-refractivity contribution in [2.45, 2.75) is 37.6 Å². The molecule has 1 N–H and O–H groups in total. The van der Waals surface area contributed by atoms with Crippen molar-refractivity contribution >= 4 is 44.0 Å². The second-order valence-electron chi connectivity index (χ2n) is 5.63. The molecule has 0 saturated heterocycles. The number of pyridine rings is 1. The number of carbonyl (C=O) groups is 1. The summed E-state index contributed by atoms with van der Waals surface area (Å²) in [5.41, 5.74) is 0.584. The summed E-state index contributed by atoms with van der Waals surface area (Å²) in [6, 6.07) is 3.75. The van der Waals surface area contributed by atoms with Gasteiger partial charge in [-0.3, -0.25) is 13.8 Å². The zero-order chi connectivity index (χ0) is 18.0. The van der Waals surface area contributed by atoms with E-state index in [9.17, 15) is 13.8 Å². The van der Waals surface area contributed by atoms with Crippen molar-refractivity contribution in [3.05, 3.63) is 49.2 Å². The van der Waals surface area contributed by atoms with Gasteiger partial charge >= 0.3 is 0 Å². The van der Waals surface area contributed by atoms with Gasteiger partial charge in [0.15, 0.2) is 0 Å². The van der Waals surface area contributed by atoms with Gasteiger partial charge in [0.2, 0.25) is 5.43 Å². The predicted molar refractivity (Wildman–Crippen MR) is 101 cm³/mol. The SMILES string of the molecule is Cc1c(Br)c(=O)c(C(=O)NCc2ccc(S(C)=O)s2)cn1C(C)C. The van der Waals surface area contributed by atoms with Crippen molar-refractivity contribution in [3.63, 3.8) is 0 Å². The van der Waals surface area contributed by atoms with Crippen LogP contribution in [0.4, 0.5) is 0 Å². The molecule has 0 aromatic carbocycles. The van der Waals surface area contributed by atoms with Crippen LogP contribution in [0.1, 0.15) is 40.8 Å². The molecule has 2 rings (SSSR count). The van der Waals surface area contributed by atoms with Crippen LogP contribution in [-0.2, 0) is 17.3 Å². The highest BCUT2D eigenvalue weighted by molar-refractivity contribution is 9.10. The molecule has 130 valence electrons. The van der Waals surface area contributed by atoms with Crippen molar-refractivity contribution in [2.75, 3.05) is 6.26 Å². The van der Waals surface area contributed by atoms with Crippen LogP contribution < -0.4 is 10.7 Å². The van der Waals surface area contributed by atoms with Crippen LogP contribution in [0.15, 0.2) is 31.8 Å². The molecule has 0 saturated carbocycles. The molecule has 1 amide bonds. The molecule has 24 heavy (non-hydrogen) atoms. The molecule has 1 unspecified atom stereocenters. The lowest BCUT2D eigenvalue weighted by molar-refractivity contribution is 0.0949. The molecule has 2 aromatic rings. The molecule has 0 fully saturated rings. The third-order valence-corrected chi connectivity index (χ3v) is 7.03. The van der Waals surface area contributed by atoms with Gasteiger partial charge in [-0.25, -0.2) is 0 Å². The van der Waals surface area contributed by atoms with E-state index in [-0.39, 0.29) is 17.0 Å². The van der Waals surface area contributed by atoms with Gasteiger partial charge in [0.25, 0.3) is 5.91 Å². The van der Waals surface area contributed by atoms with Gasteiger partial charge in [0.1, 0.15) is 5.56 Å². The first-order chi connectivity index (χ1) is 11.2. The van der Waals surface area contributed by atoms with Crippen molar-refractivity contribution in [3.8, 4) is 0 Å². The van der Waals surface area contributed by atoms with Crippen LogP contribution in [-0.4, -0.2) is 20.9 Å². The Morgan fingerprint density at radius 2 is 2.08 bits per heavy atom. The molecule has 0 radical (unpaired) electrons. The molecule has 0 bridgehead atoms. The average Bonchev–Trinajstić information content (AvgIpc) is 2.99. The fourth-order valence-corrected chi connectivity index (χ4v) is 4.40. The van der Waals surface area contributed by atoms with E-state index in [0.29, 0.717) is 11.0 Å². The van der Waals surface area contributed by atoms with E-state index < -0.39 is 16.7 Å². The normalized spacial score (nSPS) is 12.4. The molecular formula is C16H19BrN2O3S2. The second kappa shape index (κ2) is 7.76. The zero-order valence-corrected chi connectivity index (χ0v) is 17.1. The molecule has 0 spiro atoms. The maximum absolute atomic E-state index is 12.4. The van der Waals surface area contributed by atoms with Crippen LogP contribution in [0.2, 0.25) is 0 Å². The molecule has 8 heteroatoms. The highest BCUT2D eigenvalue weighted by atomic mass is 79.9. The Hall–Kier alpha value is -1.25. The summed E-state index contributed by atoms with van der Waals surface area (Å²) in [5, 5.41) is 2.76. The summed E-state index contributed by atoms with van der Waals surface area (Å²) in [6.07, 6.45) is 3.22. The van der Waals surface area contributed by atoms with Crippen LogP contribution in [0.5, 0.6) is 0 Å². The fourth-order valence-electron chi connectivity index (χ4n) is 2.26. The van der Waals surface area contributed by atoms with E-state index in [0.717, 1.165) is 14.8 Å². The topological polar surface area (TPSA) is 68.2 Å². The Morgan fingerprint density at radius 3 is 2.62 bits per heavy atom. The predicted octanol–water partition coefficient (Wildman–Crippen LogP) is 3.23. The average molecular weight is 431 g/mol. The van der Waals surface area contributed by atoms with Gasteiger partial charge < -0.3 is 9.88 Å². The minimum atomic E-state index is -1.03. The number of hydrogen-bond donors (Lipinski definition) is 1. The Morgan fingerprint density at radius 1 is 1.42 bits per heavy atom. The van der Waals surface area contributed by atoms with Gasteiger partial charge in [-0.2, -0.15) is 0 Å². The second-order valence-corrected chi connectivity index (χ2v) is 9.20. The maximum atomic E-state index is 12.4. The lowest BCUT2D eigenvalue weighted by Crippen LogP contribution is -2.30. The third kappa shape index (κ3) is 4.04. The number of nitrogens with one attached hydrogen (secondary N) is 1. The first kappa shape index (κ1) is 19.1. The number of rotatable bonds is 5. The molecule has 5 nitrogen and oxygen atoms in total. The summed E-state index contributed by atoms with van der Waals surface area (Å²) in [6.45, 7) is 6.12. The van der Waals surface area contributed by atoms with Crippen molar-refractivity contribution < 1.29 is 9.00 Å². The van der Waals surface area contributed by atoms with Gasteiger partial charge in [-0.15, -0.1) is 11.3 Å². The molecule has 0 aliphatic rings. The van der Waals surface area contributed by atoms with Gasteiger partial charge in [0.05, 0.1) is 26.0 Å². The van der Waals surface area contributed by atoms with E-state index >= 15 is 0 Å². The summed E-state index contributed by atoms with van der Waals surface area (Å²) in [4.78, 5) is 25.7. The highest BCUT2D eigenvalue weighted by Gasteiger charge is 2.17. The molecule has 1 atom stereocenters.